The first-order chi connectivity index (χ1) is 7.13. The van der Waals surface area contributed by atoms with Crippen molar-refractivity contribution in [1.82, 2.24) is 10.9 Å². The van der Waals surface area contributed by atoms with Gasteiger partial charge >= 0.3 is 0 Å². The Kier molecular flexibility index (Phi) is 3.68. The van der Waals surface area contributed by atoms with Gasteiger partial charge in [-0.05, 0) is 18.2 Å². The molecule has 0 fully saturated rings. The second-order valence-corrected chi connectivity index (χ2v) is 2.91. The number of benzene rings is 1. The number of rotatable bonds is 2. The van der Waals surface area contributed by atoms with Gasteiger partial charge in [0.2, 0.25) is 5.91 Å². The van der Waals surface area contributed by atoms with Gasteiger partial charge in [0.05, 0.1) is 0 Å². The summed E-state index contributed by atoms with van der Waals surface area (Å²) in [7, 11) is 0. The van der Waals surface area contributed by atoms with E-state index in [1.807, 2.05) is 0 Å². The first kappa shape index (κ1) is 11.0. The van der Waals surface area contributed by atoms with E-state index >= 15 is 0 Å². The zero-order chi connectivity index (χ0) is 11.3. The van der Waals surface area contributed by atoms with E-state index in [9.17, 15) is 9.59 Å². The highest BCUT2D eigenvalue weighted by Gasteiger charge is 2.06. The van der Waals surface area contributed by atoms with Crippen LogP contribution in [0.4, 0.5) is 0 Å². The summed E-state index contributed by atoms with van der Waals surface area (Å²) in [5.41, 5.74) is 4.74. The van der Waals surface area contributed by atoms with Gasteiger partial charge in [0, 0.05) is 12.0 Å². The number of phenols is 1. The molecule has 0 radical (unpaired) electrons. The largest absolute Gasteiger partial charge is 0.508 e. The second-order valence-electron chi connectivity index (χ2n) is 2.91. The van der Waals surface area contributed by atoms with Gasteiger partial charge in [-0.15, -0.1) is 0 Å². The van der Waals surface area contributed by atoms with Crippen LogP contribution in [0.3, 0.4) is 0 Å². The zero-order valence-electron chi connectivity index (χ0n) is 8.28. The van der Waals surface area contributed by atoms with Crippen LogP contribution in [0.25, 0.3) is 0 Å². The Labute approximate surface area is 87.1 Å². The van der Waals surface area contributed by atoms with Gasteiger partial charge in [-0.3, -0.25) is 20.4 Å². The normalized spacial score (nSPS) is 9.40. The van der Waals surface area contributed by atoms with Crippen molar-refractivity contribution in [1.29, 1.82) is 0 Å². The number of aromatic hydroxyl groups is 1. The van der Waals surface area contributed by atoms with Crippen LogP contribution in [0.1, 0.15) is 23.7 Å². The molecule has 0 heterocycles. The minimum absolute atomic E-state index is 0.00414. The first-order valence-electron chi connectivity index (χ1n) is 4.51. The lowest BCUT2D eigenvalue weighted by Crippen LogP contribution is -2.41. The molecule has 0 saturated heterocycles. The van der Waals surface area contributed by atoms with Crippen molar-refractivity contribution in [2.45, 2.75) is 13.3 Å². The number of carbonyl (C=O) groups is 2. The molecule has 5 nitrogen and oxygen atoms in total. The minimum atomic E-state index is -0.465. The summed E-state index contributed by atoms with van der Waals surface area (Å²) >= 11 is 0. The monoisotopic (exact) mass is 208 g/mol. The van der Waals surface area contributed by atoms with Crippen LogP contribution in [-0.2, 0) is 4.79 Å². The highest BCUT2D eigenvalue weighted by atomic mass is 16.3. The summed E-state index contributed by atoms with van der Waals surface area (Å²) in [5.74, 6) is -0.735. The molecule has 1 rings (SSSR count). The standard InChI is InChI=1S/C10H12N2O3/c1-2-9(14)11-12-10(15)7-4-3-5-8(13)6-7/h3-6,13H,2H2,1H3,(H,11,14)(H,12,15). The smallest absolute Gasteiger partial charge is 0.269 e. The lowest BCUT2D eigenvalue weighted by molar-refractivity contribution is -0.121. The van der Waals surface area contributed by atoms with Crippen LogP contribution < -0.4 is 10.9 Å². The Bertz CT molecular complexity index is 377. The molecule has 3 N–H and O–H groups in total. The number of hydrogen-bond acceptors (Lipinski definition) is 3. The fraction of sp³-hybridized carbons (Fsp3) is 0.200. The molecule has 0 spiro atoms. The van der Waals surface area contributed by atoms with Crippen molar-refractivity contribution < 1.29 is 14.7 Å². The molecule has 0 aliphatic heterocycles. The first-order valence-corrected chi connectivity index (χ1v) is 4.51. The summed E-state index contributed by atoms with van der Waals surface area (Å²) in [6, 6.07) is 5.86. The van der Waals surface area contributed by atoms with Crippen molar-refractivity contribution in [3.63, 3.8) is 0 Å². The van der Waals surface area contributed by atoms with E-state index in [-0.39, 0.29) is 17.2 Å². The second kappa shape index (κ2) is 4.99. The molecule has 1 aromatic rings. The van der Waals surface area contributed by atoms with Gasteiger partial charge in [-0.25, -0.2) is 0 Å². The molecule has 1 aromatic carbocycles. The van der Waals surface area contributed by atoms with E-state index in [0.29, 0.717) is 6.42 Å². The van der Waals surface area contributed by atoms with Crippen LogP contribution in [0.2, 0.25) is 0 Å². The van der Waals surface area contributed by atoms with Crippen molar-refractivity contribution in [3.05, 3.63) is 29.8 Å². The van der Waals surface area contributed by atoms with Crippen LogP contribution in [0.5, 0.6) is 5.75 Å². The molecule has 5 heteroatoms. The molecule has 15 heavy (non-hydrogen) atoms. The van der Waals surface area contributed by atoms with E-state index in [1.165, 1.54) is 18.2 Å². The lowest BCUT2D eigenvalue weighted by Gasteiger charge is -2.05. The molecule has 0 unspecified atom stereocenters. The molecule has 0 aromatic heterocycles. The average molecular weight is 208 g/mol. The maximum Gasteiger partial charge on any atom is 0.269 e. The molecule has 80 valence electrons. The highest BCUT2D eigenvalue weighted by Crippen LogP contribution is 2.10. The van der Waals surface area contributed by atoms with Gasteiger partial charge in [-0.2, -0.15) is 0 Å². The van der Waals surface area contributed by atoms with Crippen LogP contribution in [0, 0.1) is 0 Å². The highest BCUT2D eigenvalue weighted by molar-refractivity contribution is 5.95. The fourth-order valence-corrected chi connectivity index (χ4v) is 0.934. The van der Waals surface area contributed by atoms with E-state index < -0.39 is 5.91 Å². The number of hydrazine groups is 1. The number of carbonyl (C=O) groups excluding carboxylic acids is 2. The molecule has 0 aliphatic rings. The van der Waals surface area contributed by atoms with E-state index in [1.54, 1.807) is 13.0 Å². The van der Waals surface area contributed by atoms with Gasteiger partial charge in [0.25, 0.3) is 5.91 Å². The topological polar surface area (TPSA) is 78.4 Å². The maximum absolute atomic E-state index is 11.4. The number of hydrogen-bond donors (Lipinski definition) is 3. The summed E-state index contributed by atoms with van der Waals surface area (Å²) < 4.78 is 0. The fourth-order valence-electron chi connectivity index (χ4n) is 0.934. The number of amides is 2. The molecule has 0 saturated carbocycles. The third-order valence-corrected chi connectivity index (χ3v) is 1.74. The molecular formula is C10H12N2O3. The van der Waals surface area contributed by atoms with Crippen molar-refractivity contribution >= 4 is 11.8 Å². The van der Waals surface area contributed by atoms with Gasteiger partial charge in [-0.1, -0.05) is 13.0 Å². The Morgan fingerprint density at radius 2 is 2.07 bits per heavy atom. The van der Waals surface area contributed by atoms with Crippen LogP contribution >= 0.6 is 0 Å². The molecule has 0 aliphatic carbocycles. The summed E-state index contributed by atoms with van der Waals surface area (Å²) in [6.45, 7) is 1.68. The Morgan fingerprint density at radius 1 is 1.33 bits per heavy atom. The lowest BCUT2D eigenvalue weighted by atomic mass is 10.2. The van der Waals surface area contributed by atoms with Crippen molar-refractivity contribution in [3.8, 4) is 5.75 Å². The third kappa shape index (κ3) is 3.30. The predicted octanol–water partition coefficient (Wildman–Crippen LogP) is 0.563. The van der Waals surface area contributed by atoms with Gasteiger partial charge < -0.3 is 5.11 Å². The summed E-state index contributed by atoms with van der Waals surface area (Å²) in [4.78, 5) is 22.2. The SMILES string of the molecule is CCC(=O)NNC(=O)c1cccc(O)c1. The van der Waals surface area contributed by atoms with Crippen LogP contribution in [-0.4, -0.2) is 16.9 Å². The predicted molar refractivity (Wildman–Crippen MR) is 54.0 cm³/mol. The van der Waals surface area contributed by atoms with Crippen molar-refractivity contribution in [2.24, 2.45) is 0 Å². The van der Waals surface area contributed by atoms with Gasteiger partial charge in [0.15, 0.2) is 0 Å². The Morgan fingerprint density at radius 3 is 2.67 bits per heavy atom. The van der Waals surface area contributed by atoms with E-state index in [2.05, 4.69) is 10.9 Å². The zero-order valence-corrected chi connectivity index (χ0v) is 8.28. The molecule has 0 atom stereocenters. The molecular weight excluding hydrogens is 196 g/mol. The number of nitrogens with one attached hydrogen (secondary N) is 2. The Balaban J connectivity index is 2.58. The number of phenolic OH excluding ortho intramolecular Hbond substituents is 1. The third-order valence-electron chi connectivity index (χ3n) is 1.74. The quantitative estimate of drug-likeness (QED) is 0.621. The van der Waals surface area contributed by atoms with Crippen LogP contribution in [0.15, 0.2) is 24.3 Å². The van der Waals surface area contributed by atoms with Crippen molar-refractivity contribution in [2.75, 3.05) is 0 Å². The molecule has 0 bridgehead atoms. The van der Waals surface area contributed by atoms with E-state index in [0.717, 1.165) is 0 Å². The van der Waals surface area contributed by atoms with E-state index in [4.69, 9.17) is 5.11 Å². The maximum atomic E-state index is 11.4. The summed E-state index contributed by atoms with van der Waals surface area (Å²) in [5, 5.41) is 9.12. The Hall–Kier alpha value is -2.04. The van der Waals surface area contributed by atoms with Gasteiger partial charge in [0.1, 0.15) is 5.75 Å². The minimum Gasteiger partial charge on any atom is -0.508 e. The average Bonchev–Trinajstić information content (AvgIpc) is 2.25. The molecule has 2 amide bonds. The summed E-state index contributed by atoms with van der Waals surface area (Å²) in [6.07, 6.45) is 0.292.